The summed E-state index contributed by atoms with van der Waals surface area (Å²) < 4.78 is 1.33. The van der Waals surface area contributed by atoms with Crippen LogP contribution in [0, 0.1) is 0 Å². The molecule has 0 spiro atoms. The molecule has 3 aromatic heterocycles. The van der Waals surface area contributed by atoms with Gasteiger partial charge in [-0.25, -0.2) is 9.97 Å². The zero-order valence-corrected chi connectivity index (χ0v) is 14.3. The fourth-order valence-corrected chi connectivity index (χ4v) is 3.23. The van der Waals surface area contributed by atoms with E-state index in [1.165, 1.54) is 10.9 Å². The van der Waals surface area contributed by atoms with Crippen molar-refractivity contribution >= 4 is 16.9 Å². The summed E-state index contributed by atoms with van der Waals surface area (Å²) in [6.45, 7) is 0.246. The number of carbonyl (C=O) groups excluding carboxylic acids is 1. The van der Waals surface area contributed by atoms with Crippen LogP contribution < -0.4 is 10.9 Å². The molecule has 0 saturated carbocycles. The number of nitrogens with zero attached hydrogens (tertiary/aromatic N) is 4. The Hall–Kier alpha value is -3.09. The van der Waals surface area contributed by atoms with Gasteiger partial charge in [-0.05, 0) is 49.4 Å². The zero-order chi connectivity index (χ0) is 17.9. The number of carbonyl (C=O) groups is 1. The van der Waals surface area contributed by atoms with Gasteiger partial charge in [-0.15, -0.1) is 0 Å². The maximum Gasteiger partial charge on any atom is 0.263 e. The van der Waals surface area contributed by atoms with Crippen LogP contribution >= 0.6 is 0 Å². The summed E-state index contributed by atoms with van der Waals surface area (Å²) >= 11 is 0. The van der Waals surface area contributed by atoms with Gasteiger partial charge in [-0.3, -0.25) is 19.1 Å². The summed E-state index contributed by atoms with van der Waals surface area (Å²) in [5.41, 5.74) is 3.16. The molecule has 0 saturated heterocycles. The molecule has 0 aliphatic heterocycles. The zero-order valence-electron chi connectivity index (χ0n) is 14.3. The van der Waals surface area contributed by atoms with E-state index in [-0.39, 0.29) is 18.0 Å². The van der Waals surface area contributed by atoms with Crippen molar-refractivity contribution in [3.8, 4) is 0 Å². The van der Waals surface area contributed by atoms with Crippen molar-refractivity contribution in [3.63, 3.8) is 0 Å². The Morgan fingerprint density at radius 1 is 1.19 bits per heavy atom. The first-order valence-corrected chi connectivity index (χ1v) is 8.75. The van der Waals surface area contributed by atoms with Crippen LogP contribution in [-0.2, 0) is 30.7 Å². The molecule has 132 valence electrons. The molecule has 1 aliphatic rings. The molecule has 1 N–H and O–H groups in total. The molecular weight excluding hydrogens is 330 g/mol. The summed E-state index contributed by atoms with van der Waals surface area (Å²) in [4.78, 5) is 37.9. The van der Waals surface area contributed by atoms with Gasteiger partial charge in [0, 0.05) is 11.9 Å². The fraction of sp³-hybridized carbons (Fsp3) is 0.316. The minimum absolute atomic E-state index is 0.0777. The Bertz CT molecular complexity index is 1010. The molecule has 0 fully saturated rings. The van der Waals surface area contributed by atoms with Gasteiger partial charge in [0.25, 0.3) is 5.56 Å². The molecule has 3 heterocycles. The number of amides is 1. The highest BCUT2D eigenvalue weighted by atomic mass is 16.2. The quantitative estimate of drug-likeness (QED) is 0.769. The number of rotatable bonds is 4. The highest BCUT2D eigenvalue weighted by Gasteiger charge is 2.15. The Morgan fingerprint density at radius 3 is 2.92 bits per heavy atom. The van der Waals surface area contributed by atoms with Gasteiger partial charge in [0.1, 0.15) is 12.9 Å². The van der Waals surface area contributed by atoms with Crippen LogP contribution in [0.25, 0.3) is 11.0 Å². The molecule has 4 rings (SSSR count). The number of hydrogen-bond donors (Lipinski definition) is 1. The highest BCUT2D eigenvalue weighted by Crippen LogP contribution is 2.21. The van der Waals surface area contributed by atoms with Crippen LogP contribution in [0.15, 0.2) is 41.6 Å². The lowest BCUT2D eigenvalue weighted by Gasteiger charge is -2.15. The SMILES string of the molecule is O=C(Cn1cnc2nc3c(cc2c1=O)CCCC3)NCc1ccccn1. The van der Waals surface area contributed by atoms with Crippen LogP contribution in [-0.4, -0.2) is 25.4 Å². The largest absolute Gasteiger partial charge is 0.349 e. The minimum atomic E-state index is -0.259. The molecule has 0 radical (unpaired) electrons. The molecule has 26 heavy (non-hydrogen) atoms. The fourth-order valence-electron chi connectivity index (χ4n) is 3.23. The first-order valence-electron chi connectivity index (χ1n) is 8.75. The molecule has 3 aromatic rings. The standard InChI is InChI=1S/C19H19N5O2/c25-17(21-10-14-6-3-4-8-20-14)11-24-12-22-18-15(19(24)26)9-13-5-1-2-7-16(13)23-18/h3-4,6,8-9,12H,1-2,5,7,10-11H2,(H,21,25). The number of fused-ring (bicyclic) bond motifs is 2. The number of aromatic nitrogens is 4. The Morgan fingerprint density at radius 2 is 2.08 bits per heavy atom. The lowest BCUT2D eigenvalue weighted by Crippen LogP contribution is -2.32. The van der Waals surface area contributed by atoms with E-state index >= 15 is 0 Å². The summed E-state index contributed by atoms with van der Waals surface area (Å²) in [7, 11) is 0. The molecular formula is C19H19N5O2. The molecule has 0 atom stereocenters. The summed E-state index contributed by atoms with van der Waals surface area (Å²) in [5.74, 6) is -0.259. The molecule has 7 heteroatoms. The van der Waals surface area contributed by atoms with Crippen molar-refractivity contribution in [1.82, 2.24) is 24.8 Å². The third-order valence-corrected chi connectivity index (χ3v) is 4.60. The van der Waals surface area contributed by atoms with E-state index in [1.807, 2.05) is 24.3 Å². The van der Waals surface area contributed by atoms with E-state index in [0.717, 1.165) is 42.6 Å². The van der Waals surface area contributed by atoms with Crippen molar-refractivity contribution in [2.45, 2.75) is 38.8 Å². The third-order valence-electron chi connectivity index (χ3n) is 4.60. The lowest BCUT2D eigenvalue weighted by molar-refractivity contribution is -0.121. The summed E-state index contributed by atoms with van der Waals surface area (Å²) in [6.07, 6.45) is 7.19. The Labute approximate surface area is 150 Å². The monoisotopic (exact) mass is 349 g/mol. The second-order valence-electron chi connectivity index (χ2n) is 6.45. The highest BCUT2D eigenvalue weighted by molar-refractivity contribution is 5.77. The normalized spacial score (nSPS) is 13.4. The van der Waals surface area contributed by atoms with E-state index in [2.05, 4.69) is 20.3 Å². The number of aryl methyl sites for hydroxylation is 2. The summed E-state index contributed by atoms with van der Waals surface area (Å²) in [6, 6.07) is 7.41. The van der Waals surface area contributed by atoms with Gasteiger partial charge in [0.05, 0.1) is 17.6 Å². The third kappa shape index (κ3) is 3.33. The number of pyridine rings is 2. The van der Waals surface area contributed by atoms with Crippen LogP contribution in [0.4, 0.5) is 0 Å². The van der Waals surface area contributed by atoms with Crippen LogP contribution in [0.5, 0.6) is 0 Å². The number of nitrogens with one attached hydrogen (secondary N) is 1. The van der Waals surface area contributed by atoms with E-state index in [9.17, 15) is 9.59 Å². The Kier molecular flexibility index (Phi) is 4.43. The minimum Gasteiger partial charge on any atom is -0.349 e. The lowest BCUT2D eigenvalue weighted by atomic mass is 9.95. The van der Waals surface area contributed by atoms with Gasteiger partial charge >= 0.3 is 0 Å². The van der Waals surface area contributed by atoms with E-state index < -0.39 is 0 Å². The van der Waals surface area contributed by atoms with Gasteiger partial charge in [0.15, 0.2) is 5.65 Å². The maximum atomic E-state index is 12.7. The van der Waals surface area contributed by atoms with Gasteiger partial charge < -0.3 is 5.32 Å². The molecule has 0 bridgehead atoms. The van der Waals surface area contributed by atoms with E-state index in [0.29, 0.717) is 17.6 Å². The first kappa shape index (κ1) is 16.4. The second kappa shape index (κ2) is 7.03. The Balaban J connectivity index is 1.54. The first-order chi connectivity index (χ1) is 12.7. The molecule has 0 unspecified atom stereocenters. The van der Waals surface area contributed by atoms with Crippen molar-refractivity contribution in [3.05, 3.63) is 64.1 Å². The van der Waals surface area contributed by atoms with Crippen molar-refractivity contribution in [2.24, 2.45) is 0 Å². The van der Waals surface area contributed by atoms with Crippen LogP contribution in [0.1, 0.15) is 29.8 Å². The average molecular weight is 349 g/mol. The molecule has 1 amide bonds. The maximum absolute atomic E-state index is 12.7. The van der Waals surface area contributed by atoms with Gasteiger partial charge in [-0.2, -0.15) is 0 Å². The predicted octanol–water partition coefficient (Wildman–Crippen LogP) is 1.38. The summed E-state index contributed by atoms with van der Waals surface area (Å²) in [5, 5.41) is 3.25. The smallest absolute Gasteiger partial charge is 0.263 e. The van der Waals surface area contributed by atoms with Gasteiger partial charge in [0.2, 0.25) is 5.91 Å². The van der Waals surface area contributed by atoms with E-state index in [4.69, 9.17) is 0 Å². The predicted molar refractivity (Wildman–Crippen MR) is 96.5 cm³/mol. The average Bonchev–Trinajstić information content (AvgIpc) is 2.68. The molecule has 0 aromatic carbocycles. The van der Waals surface area contributed by atoms with Gasteiger partial charge in [-0.1, -0.05) is 6.07 Å². The molecule has 1 aliphatic carbocycles. The van der Waals surface area contributed by atoms with Crippen molar-refractivity contribution in [1.29, 1.82) is 0 Å². The number of hydrogen-bond acceptors (Lipinski definition) is 5. The molecule has 7 nitrogen and oxygen atoms in total. The van der Waals surface area contributed by atoms with E-state index in [1.54, 1.807) is 6.20 Å². The second-order valence-corrected chi connectivity index (χ2v) is 6.45. The topological polar surface area (TPSA) is 89.8 Å². The van der Waals surface area contributed by atoms with Crippen molar-refractivity contribution in [2.75, 3.05) is 0 Å². The van der Waals surface area contributed by atoms with Crippen molar-refractivity contribution < 1.29 is 4.79 Å². The van der Waals surface area contributed by atoms with Crippen LogP contribution in [0.3, 0.4) is 0 Å². The van der Waals surface area contributed by atoms with Crippen LogP contribution in [0.2, 0.25) is 0 Å².